The number of hydrogen-bond donors (Lipinski definition) is 4. The van der Waals surface area contributed by atoms with Crippen molar-refractivity contribution in [3.8, 4) is 0 Å². The summed E-state index contributed by atoms with van der Waals surface area (Å²) < 4.78 is 0. The molecule has 0 aliphatic rings. The largest absolute Gasteiger partial charge is 0.358 e. The van der Waals surface area contributed by atoms with Gasteiger partial charge in [0.1, 0.15) is 0 Å². The van der Waals surface area contributed by atoms with Gasteiger partial charge in [-0.2, -0.15) is 0 Å². The van der Waals surface area contributed by atoms with Gasteiger partial charge in [0.05, 0.1) is 0 Å². The highest BCUT2D eigenvalue weighted by Crippen LogP contribution is 2.57. The topological polar surface area (TPSA) is 67.6 Å². The average Bonchev–Trinajstić information content (AvgIpc) is 3.15. The number of aliphatic hydroxyl groups excluding tert-OH is 1. The van der Waals surface area contributed by atoms with E-state index >= 15 is 0 Å². The van der Waals surface area contributed by atoms with Crippen LogP contribution in [0.1, 0.15) is 6.92 Å². The Bertz CT molecular complexity index is 528. The molecule has 0 bridgehead atoms. The van der Waals surface area contributed by atoms with E-state index in [0.717, 1.165) is 16.3 Å². The minimum atomic E-state index is -2.09. The molecule has 0 saturated carbocycles. The zero-order valence-corrected chi connectivity index (χ0v) is 11.6. The smallest absolute Gasteiger partial charge is 0.193 e. The lowest BCUT2D eigenvalue weighted by atomic mass is 10.7. The average molecular weight is 274 g/mol. The van der Waals surface area contributed by atoms with Crippen LogP contribution in [0.5, 0.6) is 0 Å². The molecular formula is C14H17N3OP+. The van der Waals surface area contributed by atoms with Gasteiger partial charge in [0, 0.05) is 36.8 Å². The van der Waals surface area contributed by atoms with Gasteiger partial charge in [-0.1, -0.05) is 0 Å². The highest BCUT2D eigenvalue weighted by Gasteiger charge is 2.53. The molecule has 0 radical (unpaired) electrons. The van der Waals surface area contributed by atoms with E-state index in [1.165, 1.54) is 0 Å². The summed E-state index contributed by atoms with van der Waals surface area (Å²) in [7, 11) is -2.09. The van der Waals surface area contributed by atoms with Crippen molar-refractivity contribution >= 4 is 23.6 Å². The standard InChI is InChI=1S/C14H17N3OP/c1-11(18)19(12-5-2-8-15-12,13-6-3-9-16-13)14-7-4-10-17-14/h2-11,15-18H,1H3/q+1. The molecule has 3 rings (SSSR count). The molecule has 0 aliphatic carbocycles. The second-order valence-electron chi connectivity index (χ2n) is 4.52. The van der Waals surface area contributed by atoms with Crippen LogP contribution in [-0.4, -0.2) is 25.9 Å². The Morgan fingerprint density at radius 3 is 1.42 bits per heavy atom. The lowest BCUT2D eigenvalue weighted by molar-refractivity contribution is 0.278. The summed E-state index contributed by atoms with van der Waals surface area (Å²) in [5.74, 6) is -0.483. The molecule has 1 atom stereocenters. The van der Waals surface area contributed by atoms with Gasteiger partial charge in [-0.15, -0.1) is 0 Å². The van der Waals surface area contributed by atoms with Gasteiger partial charge in [0.2, 0.25) is 0 Å². The van der Waals surface area contributed by atoms with Crippen LogP contribution >= 0.6 is 7.26 Å². The summed E-state index contributed by atoms with van der Waals surface area (Å²) in [6, 6.07) is 12.0. The van der Waals surface area contributed by atoms with E-state index in [2.05, 4.69) is 15.0 Å². The third-order valence-electron chi connectivity index (χ3n) is 3.45. The Balaban J connectivity index is 2.30. The normalized spacial score (nSPS) is 13.6. The van der Waals surface area contributed by atoms with Crippen LogP contribution in [0.25, 0.3) is 0 Å². The Hall–Kier alpha value is -1.77. The van der Waals surface area contributed by atoms with Crippen molar-refractivity contribution in [3.05, 3.63) is 55.0 Å². The summed E-state index contributed by atoms with van der Waals surface area (Å²) in [6.07, 6.45) is 5.70. The van der Waals surface area contributed by atoms with Crippen molar-refractivity contribution in [1.82, 2.24) is 15.0 Å². The van der Waals surface area contributed by atoms with Crippen molar-refractivity contribution in [2.24, 2.45) is 0 Å². The van der Waals surface area contributed by atoms with E-state index < -0.39 is 13.1 Å². The molecule has 3 heterocycles. The number of aliphatic hydroxyl groups is 1. The van der Waals surface area contributed by atoms with E-state index in [1.54, 1.807) is 0 Å². The molecule has 0 fully saturated rings. The number of aromatic nitrogens is 3. The minimum Gasteiger partial charge on any atom is -0.358 e. The summed E-state index contributed by atoms with van der Waals surface area (Å²) in [6.45, 7) is 1.86. The first-order valence-electron chi connectivity index (χ1n) is 6.25. The maximum Gasteiger partial charge on any atom is 0.193 e. The predicted octanol–water partition coefficient (Wildman–Crippen LogP) is 1.30. The summed E-state index contributed by atoms with van der Waals surface area (Å²) in [5.41, 5.74) is 3.19. The van der Waals surface area contributed by atoms with Crippen LogP contribution in [0.4, 0.5) is 0 Å². The van der Waals surface area contributed by atoms with Gasteiger partial charge >= 0.3 is 0 Å². The van der Waals surface area contributed by atoms with Crippen molar-refractivity contribution in [3.63, 3.8) is 0 Å². The van der Waals surface area contributed by atoms with Gasteiger partial charge < -0.3 is 20.1 Å². The van der Waals surface area contributed by atoms with Crippen LogP contribution in [0.2, 0.25) is 0 Å². The molecule has 0 aromatic carbocycles. The molecule has 0 spiro atoms. The first-order valence-corrected chi connectivity index (χ1v) is 8.10. The lowest BCUT2D eigenvalue weighted by Gasteiger charge is -2.25. The maximum absolute atomic E-state index is 10.6. The van der Waals surface area contributed by atoms with Crippen LogP contribution in [0, 0.1) is 0 Å². The zero-order valence-electron chi connectivity index (χ0n) is 10.7. The molecule has 0 amide bonds. The Morgan fingerprint density at radius 1 is 0.842 bits per heavy atom. The van der Waals surface area contributed by atoms with Crippen LogP contribution in [-0.2, 0) is 0 Å². The molecule has 1 unspecified atom stereocenters. The fourth-order valence-corrected chi connectivity index (χ4v) is 6.40. The highest BCUT2D eigenvalue weighted by molar-refractivity contribution is 7.95. The molecule has 19 heavy (non-hydrogen) atoms. The molecule has 3 aromatic heterocycles. The van der Waals surface area contributed by atoms with Crippen LogP contribution in [0.15, 0.2) is 55.0 Å². The number of H-pyrrole nitrogens is 3. The quantitative estimate of drug-likeness (QED) is 0.532. The summed E-state index contributed by atoms with van der Waals surface area (Å²) in [5, 5.41) is 10.6. The third kappa shape index (κ3) is 1.76. The van der Waals surface area contributed by atoms with E-state index in [4.69, 9.17) is 0 Å². The molecule has 4 N–H and O–H groups in total. The summed E-state index contributed by atoms with van der Waals surface area (Å²) >= 11 is 0. The number of hydrogen-bond acceptors (Lipinski definition) is 1. The number of aromatic amines is 3. The molecule has 98 valence electrons. The second-order valence-corrected chi connectivity index (χ2v) is 8.16. The maximum atomic E-state index is 10.6. The SMILES string of the molecule is CC(O)[P+](c1ccc[nH]1)(c1ccc[nH]1)c1ccc[nH]1. The Morgan fingerprint density at radius 2 is 1.21 bits per heavy atom. The van der Waals surface area contributed by atoms with Crippen molar-refractivity contribution < 1.29 is 5.11 Å². The van der Waals surface area contributed by atoms with Gasteiger partial charge in [0.15, 0.2) is 29.4 Å². The fraction of sp³-hybridized carbons (Fsp3) is 0.143. The van der Waals surface area contributed by atoms with Crippen LogP contribution in [0.3, 0.4) is 0 Å². The van der Waals surface area contributed by atoms with Crippen LogP contribution < -0.4 is 16.3 Å². The highest BCUT2D eigenvalue weighted by atomic mass is 31.2. The molecule has 4 nitrogen and oxygen atoms in total. The Labute approximate surface area is 112 Å². The van der Waals surface area contributed by atoms with Crippen molar-refractivity contribution in [2.45, 2.75) is 12.8 Å². The first-order chi connectivity index (χ1) is 9.26. The molecule has 0 aliphatic heterocycles. The molecular weight excluding hydrogens is 257 g/mol. The zero-order chi connectivity index (χ0) is 13.3. The van der Waals surface area contributed by atoms with Crippen molar-refractivity contribution in [2.75, 3.05) is 0 Å². The van der Waals surface area contributed by atoms with Gasteiger partial charge in [-0.05, 0) is 25.1 Å². The molecule has 0 saturated heterocycles. The predicted molar refractivity (Wildman–Crippen MR) is 79.9 cm³/mol. The molecule has 5 heteroatoms. The minimum absolute atomic E-state index is 0.483. The molecule has 3 aromatic rings. The lowest BCUT2D eigenvalue weighted by Crippen LogP contribution is -2.39. The number of rotatable bonds is 4. The van der Waals surface area contributed by atoms with E-state index in [-0.39, 0.29) is 0 Å². The number of nitrogens with one attached hydrogen (secondary N) is 3. The van der Waals surface area contributed by atoms with Gasteiger partial charge in [-0.3, -0.25) is 0 Å². The monoisotopic (exact) mass is 274 g/mol. The second kappa shape index (κ2) is 4.72. The van der Waals surface area contributed by atoms with E-state index in [1.807, 2.05) is 61.9 Å². The van der Waals surface area contributed by atoms with Gasteiger partial charge in [0.25, 0.3) is 0 Å². The Kier molecular flexibility index (Phi) is 3.05. The van der Waals surface area contributed by atoms with Gasteiger partial charge in [-0.25, -0.2) is 0 Å². The first kappa shape index (κ1) is 12.3. The van der Waals surface area contributed by atoms with Crippen molar-refractivity contribution in [1.29, 1.82) is 0 Å². The fourth-order valence-electron chi connectivity index (χ4n) is 2.61. The van der Waals surface area contributed by atoms with E-state index in [9.17, 15) is 5.11 Å². The van der Waals surface area contributed by atoms with E-state index in [0.29, 0.717) is 0 Å². The third-order valence-corrected chi connectivity index (χ3v) is 7.68. The summed E-state index contributed by atoms with van der Waals surface area (Å²) in [4.78, 5) is 9.86.